The number of hydrogen-bond acceptors (Lipinski definition) is 1. The first kappa shape index (κ1) is 7.35. The lowest BCUT2D eigenvalue weighted by Crippen LogP contribution is -1.98. The van der Waals surface area contributed by atoms with Gasteiger partial charge in [0.1, 0.15) is 0 Å². The van der Waals surface area contributed by atoms with E-state index in [0.29, 0.717) is 0 Å². The zero-order chi connectivity index (χ0) is 7.40. The molecule has 10 heavy (non-hydrogen) atoms. The third-order valence-electron chi connectivity index (χ3n) is 1.30. The molecule has 0 spiro atoms. The molecule has 3 heteroatoms. The standard InChI is InChI=1S/C7H9ClN2/c1-7-3-5-9-10(7)6-2-4-8/h2-5H,6H2,1H3/b4-2+. The fourth-order valence-corrected chi connectivity index (χ4v) is 0.809. The summed E-state index contributed by atoms with van der Waals surface area (Å²) >= 11 is 5.35. The predicted molar refractivity (Wildman–Crippen MR) is 42.0 cm³/mol. The van der Waals surface area contributed by atoms with Crippen molar-refractivity contribution in [3.8, 4) is 0 Å². The first-order valence-corrected chi connectivity index (χ1v) is 3.52. The summed E-state index contributed by atoms with van der Waals surface area (Å²) in [6.45, 7) is 2.76. The van der Waals surface area contributed by atoms with E-state index >= 15 is 0 Å². The summed E-state index contributed by atoms with van der Waals surface area (Å²) < 4.78 is 1.87. The lowest BCUT2D eigenvalue weighted by Gasteiger charge is -1.96. The van der Waals surface area contributed by atoms with Crippen LogP contribution < -0.4 is 0 Å². The molecule has 0 aromatic carbocycles. The Kier molecular flexibility index (Phi) is 2.51. The number of halogens is 1. The van der Waals surface area contributed by atoms with Gasteiger partial charge in [0.15, 0.2) is 0 Å². The number of hydrogen-bond donors (Lipinski definition) is 0. The summed E-state index contributed by atoms with van der Waals surface area (Å²) in [6, 6.07) is 1.96. The van der Waals surface area contributed by atoms with Gasteiger partial charge in [0.25, 0.3) is 0 Å². The van der Waals surface area contributed by atoms with Crippen molar-refractivity contribution in [1.82, 2.24) is 9.78 Å². The molecule has 2 nitrogen and oxygen atoms in total. The van der Waals surface area contributed by atoms with Crippen LogP contribution in [0.1, 0.15) is 5.69 Å². The SMILES string of the molecule is Cc1ccnn1C/C=C/Cl. The Hall–Kier alpha value is -0.760. The number of aromatic nitrogens is 2. The van der Waals surface area contributed by atoms with Crippen LogP contribution >= 0.6 is 11.6 Å². The average Bonchev–Trinajstić information content (AvgIpc) is 2.31. The first-order valence-electron chi connectivity index (χ1n) is 3.08. The van der Waals surface area contributed by atoms with Crippen LogP contribution in [0.3, 0.4) is 0 Å². The first-order chi connectivity index (χ1) is 4.84. The minimum Gasteiger partial charge on any atom is -0.266 e. The highest BCUT2D eigenvalue weighted by Crippen LogP contribution is 1.95. The van der Waals surface area contributed by atoms with Crippen LogP contribution in [0.15, 0.2) is 23.9 Å². The molecule has 1 aromatic heterocycles. The molecule has 54 valence electrons. The maximum Gasteiger partial charge on any atom is 0.0604 e. The summed E-state index contributed by atoms with van der Waals surface area (Å²) in [5, 5.41) is 4.06. The van der Waals surface area contributed by atoms with Gasteiger partial charge in [-0.25, -0.2) is 0 Å². The molecule has 0 fully saturated rings. The zero-order valence-corrected chi connectivity index (χ0v) is 6.54. The van der Waals surface area contributed by atoms with Crippen molar-refractivity contribution in [1.29, 1.82) is 0 Å². The van der Waals surface area contributed by atoms with Crippen LogP contribution in [0.4, 0.5) is 0 Å². The van der Waals surface area contributed by atoms with Crippen molar-refractivity contribution in [3.63, 3.8) is 0 Å². The largest absolute Gasteiger partial charge is 0.266 e. The van der Waals surface area contributed by atoms with Gasteiger partial charge in [-0.2, -0.15) is 5.10 Å². The monoisotopic (exact) mass is 156 g/mol. The summed E-state index contributed by atoms with van der Waals surface area (Å²) in [4.78, 5) is 0. The highest BCUT2D eigenvalue weighted by molar-refractivity contribution is 6.25. The zero-order valence-electron chi connectivity index (χ0n) is 5.79. The van der Waals surface area contributed by atoms with Gasteiger partial charge >= 0.3 is 0 Å². The molecule has 0 saturated carbocycles. The maximum atomic E-state index is 5.35. The Morgan fingerprint density at radius 2 is 2.60 bits per heavy atom. The topological polar surface area (TPSA) is 17.8 Å². The van der Waals surface area contributed by atoms with Gasteiger partial charge in [-0.3, -0.25) is 4.68 Å². The highest BCUT2D eigenvalue weighted by Gasteiger charge is 1.90. The Balaban J connectivity index is 2.65. The maximum absolute atomic E-state index is 5.35. The van der Waals surface area contributed by atoms with Crippen molar-refractivity contribution in [2.45, 2.75) is 13.5 Å². The molecule has 0 bridgehead atoms. The van der Waals surface area contributed by atoms with E-state index in [1.807, 2.05) is 23.7 Å². The van der Waals surface area contributed by atoms with Gasteiger partial charge in [-0.1, -0.05) is 17.7 Å². The second-order valence-electron chi connectivity index (χ2n) is 2.02. The molecule has 1 aromatic rings. The number of rotatable bonds is 2. The van der Waals surface area contributed by atoms with E-state index < -0.39 is 0 Å². The van der Waals surface area contributed by atoms with E-state index in [-0.39, 0.29) is 0 Å². The average molecular weight is 157 g/mol. The van der Waals surface area contributed by atoms with Crippen molar-refractivity contribution in [2.24, 2.45) is 0 Å². The van der Waals surface area contributed by atoms with Crippen LogP contribution in [0.5, 0.6) is 0 Å². The number of allylic oxidation sites excluding steroid dienone is 1. The van der Waals surface area contributed by atoms with Crippen LogP contribution in [0, 0.1) is 6.92 Å². The molecule has 0 radical (unpaired) electrons. The lowest BCUT2D eigenvalue weighted by molar-refractivity contribution is 0.679. The minimum atomic E-state index is 0.752. The Bertz CT molecular complexity index is 227. The molecular formula is C7H9ClN2. The second kappa shape index (κ2) is 3.42. The molecule has 0 aliphatic carbocycles. The van der Waals surface area contributed by atoms with Crippen molar-refractivity contribution in [2.75, 3.05) is 0 Å². The summed E-state index contributed by atoms with van der Waals surface area (Å²) in [7, 11) is 0. The lowest BCUT2D eigenvalue weighted by atomic mass is 10.5. The van der Waals surface area contributed by atoms with E-state index in [1.165, 1.54) is 5.54 Å². The predicted octanol–water partition coefficient (Wildman–Crippen LogP) is 1.94. The molecule has 0 amide bonds. The quantitative estimate of drug-likeness (QED) is 0.640. The molecule has 0 atom stereocenters. The molecule has 0 aliphatic heterocycles. The van der Waals surface area contributed by atoms with Crippen LogP contribution in [-0.4, -0.2) is 9.78 Å². The highest BCUT2D eigenvalue weighted by atomic mass is 35.5. The van der Waals surface area contributed by atoms with Crippen LogP contribution in [0.25, 0.3) is 0 Å². The van der Waals surface area contributed by atoms with E-state index in [4.69, 9.17) is 11.6 Å². The van der Waals surface area contributed by atoms with Crippen molar-refractivity contribution in [3.05, 3.63) is 29.6 Å². The van der Waals surface area contributed by atoms with Gasteiger partial charge in [-0.05, 0) is 13.0 Å². The van der Waals surface area contributed by atoms with Gasteiger partial charge in [-0.15, -0.1) is 0 Å². The second-order valence-corrected chi connectivity index (χ2v) is 2.27. The number of aryl methyl sites for hydroxylation is 1. The molecular weight excluding hydrogens is 148 g/mol. The summed E-state index contributed by atoms with van der Waals surface area (Å²) in [5.41, 5.74) is 2.65. The molecule has 0 unspecified atom stereocenters. The van der Waals surface area contributed by atoms with Gasteiger partial charge in [0.05, 0.1) is 6.54 Å². The normalized spacial score (nSPS) is 11.0. The van der Waals surface area contributed by atoms with Crippen LogP contribution in [-0.2, 0) is 6.54 Å². The van der Waals surface area contributed by atoms with Crippen molar-refractivity contribution < 1.29 is 0 Å². The molecule has 1 heterocycles. The fraction of sp³-hybridized carbons (Fsp3) is 0.286. The third-order valence-corrected chi connectivity index (χ3v) is 1.47. The smallest absolute Gasteiger partial charge is 0.0604 e. The van der Waals surface area contributed by atoms with Crippen LogP contribution in [0.2, 0.25) is 0 Å². The summed E-state index contributed by atoms with van der Waals surface area (Å²) in [6.07, 6.45) is 3.62. The number of nitrogens with zero attached hydrogens (tertiary/aromatic N) is 2. The van der Waals surface area contributed by atoms with E-state index in [9.17, 15) is 0 Å². The van der Waals surface area contributed by atoms with Gasteiger partial charge in [0, 0.05) is 17.4 Å². The fourth-order valence-electron chi connectivity index (χ4n) is 0.730. The Labute approximate surface area is 65.1 Å². The minimum absolute atomic E-state index is 0.752. The van der Waals surface area contributed by atoms with Gasteiger partial charge in [0.2, 0.25) is 0 Å². The summed E-state index contributed by atoms with van der Waals surface area (Å²) in [5.74, 6) is 0. The third kappa shape index (κ3) is 1.61. The van der Waals surface area contributed by atoms with E-state index in [0.717, 1.165) is 12.2 Å². The van der Waals surface area contributed by atoms with E-state index in [2.05, 4.69) is 5.10 Å². The van der Waals surface area contributed by atoms with E-state index in [1.54, 1.807) is 6.20 Å². The molecule has 0 N–H and O–H groups in total. The van der Waals surface area contributed by atoms with Gasteiger partial charge < -0.3 is 0 Å². The molecule has 0 saturated heterocycles. The van der Waals surface area contributed by atoms with Crippen molar-refractivity contribution >= 4 is 11.6 Å². The molecule has 1 rings (SSSR count). The Morgan fingerprint density at radius 3 is 3.10 bits per heavy atom. The Morgan fingerprint density at radius 1 is 1.80 bits per heavy atom. The molecule has 0 aliphatic rings.